The van der Waals surface area contributed by atoms with Crippen molar-refractivity contribution in [1.82, 2.24) is 15.1 Å². The molecule has 6 nitrogen and oxygen atoms in total. The number of carbonyl (C=O) groups is 1. The summed E-state index contributed by atoms with van der Waals surface area (Å²) in [7, 11) is 3.35. The molecule has 1 N–H and O–H groups in total. The number of benzene rings is 1. The fourth-order valence-corrected chi connectivity index (χ4v) is 5.59. The minimum absolute atomic E-state index is 0.265. The highest BCUT2D eigenvalue weighted by Crippen LogP contribution is 2.37. The van der Waals surface area contributed by atoms with Crippen LogP contribution in [0.15, 0.2) is 18.2 Å². The van der Waals surface area contributed by atoms with E-state index in [1.165, 1.54) is 31.2 Å². The van der Waals surface area contributed by atoms with Gasteiger partial charge in [-0.3, -0.25) is 9.69 Å². The highest BCUT2D eigenvalue weighted by molar-refractivity contribution is 5.81. The first-order chi connectivity index (χ1) is 14.7. The minimum atomic E-state index is 0.265. The number of nitrogens with zero attached hydrogens (tertiary/aromatic N) is 2. The summed E-state index contributed by atoms with van der Waals surface area (Å²) in [6.07, 6.45) is 7.20. The Morgan fingerprint density at radius 2 is 1.73 bits per heavy atom. The third-order valence-electron chi connectivity index (χ3n) is 7.31. The van der Waals surface area contributed by atoms with Crippen molar-refractivity contribution in [3.05, 3.63) is 23.8 Å². The topological polar surface area (TPSA) is 54.0 Å². The van der Waals surface area contributed by atoms with Crippen LogP contribution in [-0.4, -0.2) is 68.7 Å². The summed E-state index contributed by atoms with van der Waals surface area (Å²) in [5.41, 5.74) is 1.26. The maximum absolute atomic E-state index is 12.4. The van der Waals surface area contributed by atoms with E-state index in [-0.39, 0.29) is 5.92 Å². The fraction of sp³-hybridized carbons (Fsp3) is 0.708. The van der Waals surface area contributed by atoms with Gasteiger partial charge in [0.25, 0.3) is 0 Å². The Morgan fingerprint density at radius 1 is 1.00 bits per heavy atom. The van der Waals surface area contributed by atoms with E-state index in [2.05, 4.69) is 27.2 Å². The van der Waals surface area contributed by atoms with E-state index in [0.29, 0.717) is 17.9 Å². The summed E-state index contributed by atoms with van der Waals surface area (Å²) < 4.78 is 10.8. The van der Waals surface area contributed by atoms with Crippen LogP contribution in [0.2, 0.25) is 0 Å². The van der Waals surface area contributed by atoms with E-state index in [1.54, 1.807) is 14.2 Å². The van der Waals surface area contributed by atoms with Crippen LogP contribution in [0.4, 0.5) is 0 Å². The number of nitrogens with one attached hydrogen (secondary N) is 1. The molecule has 1 saturated carbocycles. The van der Waals surface area contributed by atoms with Gasteiger partial charge in [-0.25, -0.2) is 0 Å². The molecule has 0 radical (unpaired) electrons. The summed E-state index contributed by atoms with van der Waals surface area (Å²) >= 11 is 0. The first kappa shape index (κ1) is 21.4. The highest BCUT2D eigenvalue weighted by atomic mass is 16.5. The van der Waals surface area contributed by atoms with E-state index in [1.807, 2.05) is 6.07 Å². The van der Waals surface area contributed by atoms with E-state index < -0.39 is 0 Å². The molecule has 2 saturated heterocycles. The fourth-order valence-electron chi connectivity index (χ4n) is 5.59. The van der Waals surface area contributed by atoms with Gasteiger partial charge in [0.1, 0.15) is 0 Å². The first-order valence-corrected chi connectivity index (χ1v) is 11.6. The molecule has 1 aromatic carbocycles. The number of rotatable bonds is 8. The standard InChI is InChI=1S/C24H37N3O3/c1-29-22-10-9-18(16-23(22)30-2)17-27-14-12-26(13-15-27)11-5-7-20-19-6-3-4-8-21(19)25-24(20)28/h9-10,16,19-21H,3-8,11-15,17H2,1-2H3,(H,25,28)/t19-,20?,21+/m0/s1. The lowest BCUT2D eigenvalue weighted by Gasteiger charge is -2.35. The Morgan fingerprint density at radius 3 is 2.50 bits per heavy atom. The molecular formula is C24H37N3O3. The number of ether oxygens (including phenoxy) is 2. The summed E-state index contributed by atoms with van der Waals surface area (Å²) in [6.45, 7) is 6.45. The van der Waals surface area contributed by atoms with Gasteiger partial charge in [-0.1, -0.05) is 18.9 Å². The van der Waals surface area contributed by atoms with Crippen LogP contribution in [0.25, 0.3) is 0 Å². The van der Waals surface area contributed by atoms with Gasteiger partial charge in [0.05, 0.1) is 14.2 Å². The van der Waals surface area contributed by atoms with Crippen molar-refractivity contribution >= 4 is 5.91 Å². The molecule has 1 aliphatic carbocycles. The molecule has 4 rings (SSSR count). The summed E-state index contributed by atoms with van der Waals surface area (Å²) in [5.74, 6) is 2.77. The normalized spacial score (nSPS) is 27.5. The molecular weight excluding hydrogens is 378 g/mol. The number of fused-ring (bicyclic) bond motifs is 1. The van der Waals surface area contributed by atoms with Crippen molar-refractivity contribution in [2.24, 2.45) is 11.8 Å². The smallest absolute Gasteiger partial charge is 0.223 e. The van der Waals surface area contributed by atoms with Crippen LogP contribution in [0.1, 0.15) is 44.1 Å². The molecule has 3 atom stereocenters. The molecule has 0 bridgehead atoms. The van der Waals surface area contributed by atoms with Crippen molar-refractivity contribution in [3.8, 4) is 11.5 Å². The quantitative estimate of drug-likeness (QED) is 0.708. The SMILES string of the molecule is COc1ccc(CN2CCN(CCCC3C(=O)N[C@@H]4CCCC[C@@H]34)CC2)cc1OC. The maximum atomic E-state index is 12.4. The van der Waals surface area contributed by atoms with Gasteiger partial charge in [-0.05, 0) is 55.8 Å². The van der Waals surface area contributed by atoms with Crippen LogP contribution in [0, 0.1) is 11.8 Å². The molecule has 3 aliphatic rings. The second kappa shape index (κ2) is 10.0. The lowest BCUT2D eigenvalue weighted by atomic mass is 9.78. The molecule has 1 amide bonds. The third kappa shape index (κ3) is 4.92. The largest absolute Gasteiger partial charge is 0.493 e. The predicted octanol–water partition coefficient (Wildman–Crippen LogP) is 2.91. The third-order valence-corrected chi connectivity index (χ3v) is 7.31. The Labute approximate surface area is 180 Å². The predicted molar refractivity (Wildman–Crippen MR) is 118 cm³/mol. The molecule has 6 heteroatoms. The van der Waals surface area contributed by atoms with Crippen LogP contribution < -0.4 is 14.8 Å². The number of amides is 1. The Hall–Kier alpha value is -1.79. The average Bonchev–Trinajstić information content (AvgIpc) is 3.10. The molecule has 166 valence electrons. The lowest BCUT2D eigenvalue weighted by Crippen LogP contribution is -2.46. The van der Waals surface area contributed by atoms with E-state index >= 15 is 0 Å². The second-order valence-electron chi connectivity index (χ2n) is 9.12. The Kier molecular flexibility index (Phi) is 7.16. The first-order valence-electron chi connectivity index (χ1n) is 11.6. The molecule has 1 unspecified atom stereocenters. The van der Waals surface area contributed by atoms with Gasteiger partial charge < -0.3 is 19.7 Å². The average molecular weight is 416 g/mol. The van der Waals surface area contributed by atoms with Crippen molar-refractivity contribution < 1.29 is 14.3 Å². The Bertz CT molecular complexity index is 718. The van der Waals surface area contributed by atoms with Gasteiger partial charge in [0.15, 0.2) is 11.5 Å². The van der Waals surface area contributed by atoms with Gasteiger partial charge in [0, 0.05) is 44.7 Å². The number of methoxy groups -OCH3 is 2. The van der Waals surface area contributed by atoms with Crippen LogP contribution in [0.5, 0.6) is 11.5 Å². The summed E-state index contributed by atoms with van der Waals surface area (Å²) in [6, 6.07) is 6.66. The molecule has 1 aromatic rings. The molecule has 2 aliphatic heterocycles. The minimum Gasteiger partial charge on any atom is -0.493 e. The molecule has 0 spiro atoms. The van der Waals surface area contributed by atoms with Gasteiger partial charge in [-0.15, -0.1) is 0 Å². The van der Waals surface area contributed by atoms with Crippen LogP contribution in [0.3, 0.4) is 0 Å². The number of hydrogen-bond acceptors (Lipinski definition) is 5. The van der Waals surface area contributed by atoms with Gasteiger partial charge in [-0.2, -0.15) is 0 Å². The van der Waals surface area contributed by atoms with Gasteiger partial charge in [0.2, 0.25) is 5.91 Å². The van der Waals surface area contributed by atoms with E-state index in [9.17, 15) is 4.79 Å². The van der Waals surface area contributed by atoms with E-state index in [0.717, 1.165) is 63.6 Å². The molecule has 30 heavy (non-hydrogen) atoms. The number of hydrogen-bond donors (Lipinski definition) is 1. The lowest BCUT2D eigenvalue weighted by molar-refractivity contribution is -0.123. The molecule has 2 heterocycles. The van der Waals surface area contributed by atoms with Crippen molar-refractivity contribution in [3.63, 3.8) is 0 Å². The number of piperazine rings is 1. The van der Waals surface area contributed by atoms with E-state index in [4.69, 9.17) is 9.47 Å². The molecule has 0 aromatic heterocycles. The summed E-state index contributed by atoms with van der Waals surface area (Å²) in [4.78, 5) is 17.5. The number of carbonyl (C=O) groups excluding carboxylic acids is 1. The van der Waals surface area contributed by atoms with Crippen molar-refractivity contribution in [2.45, 2.75) is 51.1 Å². The van der Waals surface area contributed by atoms with Gasteiger partial charge >= 0.3 is 0 Å². The maximum Gasteiger partial charge on any atom is 0.223 e. The monoisotopic (exact) mass is 415 g/mol. The van der Waals surface area contributed by atoms with Crippen molar-refractivity contribution in [1.29, 1.82) is 0 Å². The molecule has 3 fully saturated rings. The van der Waals surface area contributed by atoms with Crippen LogP contribution >= 0.6 is 0 Å². The zero-order chi connectivity index (χ0) is 20.9. The highest BCUT2D eigenvalue weighted by Gasteiger charge is 2.42. The zero-order valence-corrected chi connectivity index (χ0v) is 18.6. The summed E-state index contributed by atoms with van der Waals surface area (Å²) in [5, 5.41) is 3.26. The van der Waals surface area contributed by atoms with Crippen molar-refractivity contribution in [2.75, 3.05) is 46.9 Å². The Balaban J connectivity index is 1.18. The second-order valence-corrected chi connectivity index (χ2v) is 9.12. The van der Waals surface area contributed by atoms with Crippen LogP contribution in [-0.2, 0) is 11.3 Å². The zero-order valence-electron chi connectivity index (χ0n) is 18.6.